The number of hydrogen-bond donors (Lipinski definition) is 1. The van der Waals surface area contributed by atoms with Gasteiger partial charge in [-0.05, 0) is 49.1 Å². The summed E-state index contributed by atoms with van der Waals surface area (Å²) in [4.78, 5) is 2.23. The summed E-state index contributed by atoms with van der Waals surface area (Å²) < 4.78 is 5.82. The van der Waals surface area contributed by atoms with E-state index in [1.54, 1.807) is 0 Å². The van der Waals surface area contributed by atoms with Crippen molar-refractivity contribution in [1.82, 2.24) is 4.90 Å². The van der Waals surface area contributed by atoms with E-state index in [9.17, 15) is 0 Å². The Morgan fingerprint density at radius 2 is 1.95 bits per heavy atom. The maximum atomic E-state index is 9.02. The normalized spacial score (nSPS) is 11.3. The summed E-state index contributed by atoms with van der Waals surface area (Å²) in [6.45, 7) is 12.2. The summed E-state index contributed by atoms with van der Waals surface area (Å²) in [5.41, 5.74) is 2.67. The average Bonchev–Trinajstić information content (AvgIpc) is 2.39. The molecule has 0 saturated carbocycles. The maximum absolute atomic E-state index is 9.02. The van der Waals surface area contributed by atoms with E-state index in [-0.39, 0.29) is 6.61 Å². The number of hydrogen-bond acceptors (Lipinski definition) is 3. The number of rotatable bonds is 9. The molecule has 0 aliphatic carbocycles. The summed E-state index contributed by atoms with van der Waals surface area (Å²) in [7, 11) is 0. The van der Waals surface area contributed by atoms with Crippen LogP contribution in [0.3, 0.4) is 0 Å². The lowest BCUT2D eigenvalue weighted by molar-refractivity contribution is 0.168. The van der Waals surface area contributed by atoms with E-state index in [1.165, 1.54) is 11.1 Å². The van der Waals surface area contributed by atoms with Crippen molar-refractivity contribution in [3.8, 4) is 5.75 Å². The van der Waals surface area contributed by atoms with Crippen molar-refractivity contribution in [2.45, 2.75) is 40.0 Å². The maximum Gasteiger partial charge on any atom is 0.119 e. The summed E-state index contributed by atoms with van der Waals surface area (Å²) in [6.07, 6.45) is 1.10. The molecule has 0 bridgehead atoms. The van der Waals surface area contributed by atoms with Gasteiger partial charge in [0.2, 0.25) is 0 Å². The quantitative estimate of drug-likeness (QED) is 0.753. The van der Waals surface area contributed by atoms with Crippen LogP contribution in [0.5, 0.6) is 5.75 Å². The van der Waals surface area contributed by atoms with E-state index >= 15 is 0 Å². The van der Waals surface area contributed by atoms with Crippen LogP contribution in [0.25, 0.3) is 0 Å². The van der Waals surface area contributed by atoms with E-state index in [2.05, 4.69) is 50.8 Å². The van der Waals surface area contributed by atoms with Gasteiger partial charge in [-0.2, -0.15) is 0 Å². The third-order valence-corrected chi connectivity index (χ3v) is 3.50. The Balaban J connectivity index is 2.47. The van der Waals surface area contributed by atoms with E-state index in [4.69, 9.17) is 9.84 Å². The molecule has 0 aromatic heterocycles. The monoisotopic (exact) mass is 279 g/mol. The standard InChI is InChI=1S/C17H29NO2/c1-5-8-18(9-11-19)10-12-20-16-6-7-17(14(2)3)15(4)13-16/h6-7,13-14,19H,5,8-12H2,1-4H3. The SMILES string of the molecule is CCCN(CCO)CCOc1ccc(C(C)C)c(C)c1. The molecule has 0 aliphatic rings. The minimum Gasteiger partial charge on any atom is -0.492 e. The first-order valence-electron chi connectivity index (χ1n) is 7.65. The number of benzene rings is 1. The van der Waals surface area contributed by atoms with Gasteiger partial charge in [0.15, 0.2) is 0 Å². The number of aryl methyl sites for hydroxylation is 1. The number of nitrogens with zero attached hydrogens (tertiary/aromatic N) is 1. The minimum absolute atomic E-state index is 0.211. The molecular weight excluding hydrogens is 250 g/mol. The number of ether oxygens (including phenoxy) is 1. The van der Waals surface area contributed by atoms with Crippen molar-refractivity contribution in [2.75, 3.05) is 32.8 Å². The van der Waals surface area contributed by atoms with Gasteiger partial charge < -0.3 is 9.84 Å². The number of aliphatic hydroxyl groups is 1. The molecule has 3 nitrogen and oxygen atoms in total. The molecule has 0 heterocycles. The van der Waals surface area contributed by atoms with Crippen molar-refractivity contribution in [1.29, 1.82) is 0 Å². The van der Waals surface area contributed by atoms with Crippen molar-refractivity contribution in [3.63, 3.8) is 0 Å². The van der Waals surface area contributed by atoms with Gasteiger partial charge in [0.05, 0.1) is 6.61 Å². The second-order valence-corrected chi connectivity index (χ2v) is 5.59. The molecule has 1 aromatic carbocycles. The van der Waals surface area contributed by atoms with Crippen LogP contribution in [-0.4, -0.2) is 42.9 Å². The molecule has 0 radical (unpaired) electrons. The Kier molecular flexibility index (Phi) is 7.63. The van der Waals surface area contributed by atoms with Crippen molar-refractivity contribution in [3.05, 3.63) is 29.3 Å². The van der Waals surface area contributed by atoms with Gasteiger partial charge in [-0.3, -0.25) is 4.90 Å². The van der Waals surface area contributed by atoms with Crippen LogP contribution < -0.4 is 4.74 Å². The molecule has 1 N–H and O–H groups in total. The molecule has 0 unspecified atom stereocenters. The lowest BCUT2D eigenvalue weighted by Gasteiger charge is -2.20. The second kappa shape index (κ2) is 8.98. The third-order valence-electron chi connectivity index (χ3n) is 3.50. The van der Waals surface area contributed by atoms with Crippen LogP contribution in [0.1, 0.15) is 44.2 Å². The van der Waals surface area contributed by atoms with Crippen LogP contribution in [0.15, 0.2) is 18.2 Å². The Bertz CT molecular complexity index is 385. The summed E-state index contributed by atoms with van der Waals surface area (Å²) in [6, 6.07) is 6.33. The third kappa shape index (κ3) is 5.51. The Morgan fingerprint density at radius 1 is 1.20 bits per heavy atom. The van der Waals surface area contributed by atoms with E-state index < -0.39 is 0 Å². The van der Waals surface area contributed by atoms with E-state index in [1.807, 2.05) is 0 Å². The fraction of sp³-hybridized carbons (Fsp3) is 0.647. The highest BCUT2D eigenvalue weighted by atomic mass is 16.5. The van der Waals surface area contributed by atoms with Crippen LogP contribution in [0.4, 0.5) is 0 Å². The first kappa shape index (κ1) is 17.0. The summed E-state index contributed by atoms with van der Waals surface area (Å²) in [5.74, 6) is 1.49. The molecule has 1 aromatic rings. The van der Waals surface area contributed by atoms with Gasteiger partial charge in [-0.15, -0.1) is 0 Å². The molecule has 0 aliphatic heterocycles. The van der Waals surface area contributed by atoms with E-state index in [0.29, 0.717) is 12.5 Å². The van der Waals surface area contributed by atoms with Gasteiger partial charge in [-0.25, -0.2) is 0 Å². The molecule has 0 spiro atoms. The highest BCUT2D eigenvalue weighted by molar-refractivity contribution is 5.36. The second-order valence-electron chi connectivity index (χ2n) is 5.59. The van der Waals surface area contributed by atoms with Crippen LogP contribution in [0.2, 0.25) is 0 Å². The smallest absolute Gasteiger partial charge is 0.119 e. The Morgan fingerprint density at radius 3 is 2.50 bits per heavy atom. The molecule has 0 atom stereocenters. The zero-order chi connectivity index (χ0) is 15.0. The molecule has 0 amide bonds. The van der Waals surface area contributed by atoms with Crippen LogP contribution >= 0.6 is 0 Å². The average molecular weight is 279 g/mol. The molecule has 114 valence electrons. The van der Waals surface area contributed by atoms with Crippen molar-refractivity contribution in [2.24, 2.45) is 0 Å². The lowest BCUT2D eigenvalue weighted by atomic mass is 9.98. The van der Waals surface area contributed by atoms with Gasteiger partial charge in [0.25, 0.3) is 0 Å². The topological polar surface area (TPSA) is 32.7 Å². The van der Waals surface area contributed by atoms with Gasteiger partial charge in [-0.1, -0.05) is 26.8 Å². The van der Waals surface area contributed by atoms with Crippen molar-refractivity contribution < 1.29 is 9.84 Å². The highest BCUT2D eigenvalue weighted by Crippen LogP contribution is 2.23. The molecule has 20 heavy (non-hydrogen) atoms. The molecule has 0 saturated heterocycles. The fourth-order valence-electron chi connectivity index (χ4n) is 2.47. The highest BCUT2D eigenvalue weighted by Gasteiger charge is 2.06. The zero-order valence-corrected chi connectivity index (χ0v) is 13.4. The first-order valence-corrected chi connectivity index (χ1v) is 7.65. The zero-order valence-electron chi connectivity index (χ0n) is 13.4. The lowest BCUT2D eigenvalue weighted by Crippen LogP contribution is -2.31. The minimum atomic E-state index is 0.211. The molecular formula is C17H29NO2. The molecule has 1 rings (SSSR count). The first-order chi connectivity index (χ1) is 9.58. The predicted octanol–water partition coefficient (Wildman–Crippen LogP) is 3.20. The largest absolute Gasteiger partial charge is 0.492 e. The summed E-state index contributed by atoms with van der Waals surface area (Å²) >= 11 is 0. The van der Waals surface area contributed by atoms with Gasteiger partial charge >= 0.3 is 0 Å². The number of aliphatic hydroxyl groups excluding tert-OH is 1. The molecule has 3 heteroatoms. The predicted molar refractivity (Wildman–Crippen MR) is 84.6 cm³/mol. The van der Waals surface area contributed by atoms with Gasteiger partial charge in [0, 0.05) is 13.1 Å². The van der Waals surface area contributed by atoms with Crippen LogP contribution in [-0.2, 0) is 0 Å². The fourth-order valence-corrected chi connectivity index (χ4v) is 2.47. The summed E-state index contributed by atoms with van der Waals surface area (Å²) in [5, 5.41) is 9.02. The van der Waals surface area contributed by atoms with Crippen LogP contribution in [0, 0.1) is 6.92 Å². The van der Waals surface area contributed by atoms with Gasteiger partial charge in [0.1, 0.15) is 12.4 Å². The van der Waals surface area contributed by atoms with E-state index in [0.717, 1.165) is 31.8 Å². The van der Waals surface area contributed by atoms with Crippen molar-refractivity contribution >= 4 is 0 Å². The molecule has 0 fully saturated rings. The Hall–Kier alpha value is -1.06. The Labute approximate surface area is 123 Å².